The maximum absolute atomic E-state index is 10.2. The molecule has 0 spiro atoms. The number of nitrogens with zero attached hydrogens (tertiary/aromatic N) is 2. The lowest BCUT2D eigenvalue weighted by Gasteiger charge is -2.35. The van der Waals surface area contributed by atoms with Crippen molar-refractivity contribution in [1.82, 2.24) is 4.90 Å². The third-order valence-electron chi connectivity index (χ3n) is 7.84. The summed E-state index contributed by atoms with van der Waals surface area (Å²) >= 11 is 0. The lowest BCUT2D eigenvalue weighted by Crippen LogP contribution is -2.33. The third kappa shape index (κ3) is 5.17. The molecule has 0 bridgehead atoms. The maximum atomic E-state index is 10.2. The second-order valence-corrected chi connectivity index (χ2v) is 10.8. The zero-order chi connectivity index (χ0) is 25.1. The highest BCUT2D eigenvalue weighted by molar-refractivity contribution is 5.67. The Hall–Kier alpha value is -3.18. The maximum Gasteiger partial charge on any atom is 0.119 e. The number of anilines is 1. The van der Waals surface area contributed by atoms with Gasteiger partial charge in [0.15, 0.2) is 0 Å². The van der Waals surface area contributed by atoms with Crippen LogP contribution in [0.2, 0.25) is 0 Å². The van der Waals surface area contributed by atoms with Crippen LogP contribution in [0.25, 0.3) is 0 Å². The highest BCUT2D eigenvalue weighted by Gasteiger charge is 2.45. The molecule has 1 unspecified atom stereocenters. The molecular weight excluding hydrogens is 448 g/mol. The summed E-state index contributed by atoms with van der Waals surface area (Å²) in [7, 11) is 0. The van der Waals surface area contributed by atoms with Gasteiger partial charge in [-0.3, -0.25) is 4.90 Å². The number of hydrogen-bond acceptors (Lipinski definition) is 5. The predicted molar refractivity (Wildman–Crippen MR) is 145 cm³/mol. The Balaban J connectivity index is 1.32. The molecule has 5 heteroatoms. The number of phenols is 2. The first-order valence-electron chi connectivity index (χ1n) is 13.2. The van der Waals surface area contributed by atoms with Crippen LogP contribution in [0, 0.1) is 0 Å². The molecule has 36 heavy (non-hydrogen) atoms. The quantitative estimate of drug-likeness (QED) is 0.405. The van der Waals surface area contributed by atoms with E-state index in [1.54, 1.807) is 18.2 Å². The molecule has 0 aliphatic carbocycles. The molecule has 2 aliphatic rings. The Morgan fingerprint density at radius 2 is 1.50 bits per heavy atom. The van der Waals surface area contributed by atoms with Crippen molar-refractivity contribution in [2.75, 3.05) is 31.1 Å². The van der Waals surface area contributed by atoms with Crippen LogP contribution in [0.5, 0.6) is 17.2 Å². The summed E-state index contributed by atoms with van der Waals surface area (Å²) in [5.74, 6) is 1.47. The zero-order valence-electron chi connectivity index (χ0n) is 21.5. The van der Waals surface area contributed by atoms with Crippen molar-refractivity contribution < 1.29 is 14.9 Å². The fourth-order valence-electron chi connectivity index (χ4n) is 5.94. The lowest BCUT2D eigenvalue weighted by atomic mass is 9.77. The van der Waals surface area contributed by atoms with Gasteiger partial charge in [-0.1, -0.05) is 51.0 Å². The minimum atomic E-state index is -0.221. The molecule has 190 valence electrons. The summed E-state index contributed by atoms with van der Waals surface area (Å²) in [6, 6.07) is 21.7. The van der Waals surface area contributed by atoms with E-state index in [1.807, 2.05) is 24.3 Å². The van der Waals surface area contributed by atoms with Crippen molar-refractivity contribution in [3.05, 3.63) is 83.4 Å². The van der Waals surface area contributed by atoms with Crippen molar-refractivity contribution in [2.45, 2.75) is 57.5 Å². The molecule has 0 saturated carbocycles. The van der Waals surface area contributed by atoms with Crippen molar-refractivity contribution in [3.8, 4) is 17.2 Å². The summed E-state index contributed by atoms with van der Waals surface area (Å²) in [5.41, 5.74) is 4.39. The van der Waals surface area contributed by atoms with Crippen LogP contribution >= 0.6 is 0 Å². The highest BCUT2D eigenvalue weighted by atomic mass is 16.5. The minimum absolute atomic E-state index is 0.0689. The Morgan fingerprint density at radius 1 is 0.833 bits per heavy atom. The van der Waals surface area contributed by atoms with E-state index in [0.717, 1.165) is 42.3 Å². The Morgan fingerprint density at radius 3 is 2.19 bits per heavy atom. The van der Waals surface area contributed by atoms with Crippen molar-refractivity contribution in [3.63, 3.8) is 0 Å². The predicted octanol–water partition coefficient (Wildman–Crippen LogP) is 6.39. The number of benzene rings is 3. The van der Waals surface area contributed by atoms with E-state index >= 15 is 0 Å². The topological polar surface area (TPSA) is 56.2 Å². The highest BCUT2D eigenvalue weighted by Crippen LogP contribution is 2.54. The van der Waals surface area contributed by atoms with Gasteiger partial charge in [0.2, 0.25) is 0 Å². The van der Waals surface area contributed by atoms with E-state index in [1.165, 1.54) is 44.3 Å². The number of ether oxygens (including phenoxy) is 1. The molecule has 1 saturated heterocycles. The van der Waals surface area contributed by atoms with Crippen LogP contribution < -0.4 is 9.64 Å². The van der Waals surface area contributed by atoms with Gasteiger partial charge < -0.3 is 19.8 Å². The van der Waals surface area contributed by atoms with Crippen LogP contribution in [0.3, 0.4) is 0 Å². The van der Waals surface area contributed by atoms with Crippen LogP contribution in [0.15, 0.2) is 66.7 Å². The van der Waals surface area contributed by atoms with Crippen LogP contribution in [0.4, 0.5) is 5.69 Å². The SMILES string of the molecule is CC1(C)c2cc(O)ccc2N(Cc2ccc(OCCN3CCCCCC3)cc2)C1c1ccc(O)cc1. The van der Waals surface area contributed by atoms with Gasteiger partial charge in [-0.05, 0) is 85.1 Å². The third-order valence-corrected chi connectivity index (χ3v) is 7.84. The Kier molecular flexibility index (Phi) is 7.10. The first kappa shape index (κ1) is 24.5. The largest absolute Gasteiger partial charge is 0.508 e. The summed E-state index contributed by atoms with van der Waals surface area (Å²) in [4.78, 5) is 4.94. The molecule has 1 fully saturated rings. The van der Waals surface area contributed by atoms with Gasteiger partial charge in [-0.25, -0.2) is 0 Å². The second kappa shape index (κ2) is 10.4. The molecular formula is C31H38N2O3. The number of aromatic hydroxyl groups is 2. The number of hydrogen-bond donors (Lipinski definition) is 2. The molecule has 3 aromatic carbocycles. The first-order valence-corrected chi connectivity index (χ1v) is 13.2. The van der Waals surface area contributed by atoms with E-state index in [2.05, 4.69) is 47.9 Å². The van der Waals surface area contributed by atoms with E-state index < -0.39 is 0 Å². The van der Waals surface area contributed by atoms with E-state index in [0.29, 0.717) is 0 Å². The average molecular weight is 487 g/mol. The summed E-state index contributed by atoms with van der Waals surface area (Å²) in [6.45, 7) is 9.28. The van der Waals surface area contributed by atoms with Gasteiger partial charge in [-0.2, -0.15) is 0 Å². The molecule has 2 aliphatic heterocycles. The molecule has 0 aromatic heterocycles. The first-order chi connectivity index (χ1) is 17.4. The molecule has 5 nitrogen and oxygen atoms in total. The standard InChI is InChI=1S/C31H38N2O3/c1-31(2)28-21-26(35)13-16-29(28)33(30(31)24-9-11-25(34)12-10-24)22-23-7-14-27(15-8-23)36-20-19-32-17-5-3-4-6-18-32/h7-16,21,30,34-35H,3-6,17-20,22H2,1-2H3. The fraction of sp³-hybridized carbons (Fsp3) is 0.419. The Bertz CT molecular complexity index is 1150. The molecule has 5 rings (SSSR count). The van der Waals surface area contributed by atoms with Gasteiger partial charge in [0.1, 0.15) is 23.9 Å². The van der Waals surface area contributed by atoms with Crippen molar-refractivity contribution in [2.24, 2.45) is 0 Å². The molecule has 0 amide bonds. The van der Waals surface area contributed by atoms with E-state index in [4.69, 9.17) is 4.74 Å². The Labute approximate surface area is 214 Å². The van der Waals surface area contributed by atoms with Gasteiger partial charge in [-0.15, -0.1) is 0 Å². The molecule has 0 radical (unpaired) electrons. The van der Waals surface area contributed by atoms with Crippen molar-refractivity contribution in [1.29, 1.82) is 0 Å². The van der Waals surface area contributed by atoms with Gasteiger partial charge >= 0.3 is 0 Å². The van der Waals surface area contributed by atoms with E-state index in [-0.39, 0.29) is 23.0 Å². The number of likely N-dealkylation sites (tertiary alicyclic amines) is 1. The summed E-state index contributed by atoms with van der Waals surface area (Å²) in [6.07, 6.45) is 5.31. The number of fused-ring (bicyclic) bond motifs is 1. The van der Waals surface area contributed by atoms with Crippen molar-refractivity contribution >= 4 is 5.69 Å². The monoisotopic (exact) mass is 486 g/mol. The smallest absolute Gasteiger partial charge is 0.119 e. The molecule has 2 N–H and O–H groups in total. The van der Waals surface area contributed by atoms with Crippen LogP contribution in [-0.2, 0) is 12.0 Å². The van der Waals surface area contributed by atoms with Crippen LogP contribution in [0.1, 0.15) is 62.3 Å². The normalized spacial score (nSPS) is 19.6. The van der Waals surface area contributed by atoms with Gasteiger partial charge in [0.25, 0.3) is 0 Å². The summed E-state index contributed by atoms with van der Waals surface area (Å²) < 4.78 is 6.07. The zero-order valence-corrected chi connectivity index (χ0v) is 21.5. The van der Waals surface area contributed by atoms with Crippen LogP contribution in [-0.4, -0.2) is 41.4 Å². The minimum Gasteiger partial charge on any atom is -0.508 e. The van der Waals surface area contributed by atoms with E-state index in [9.17, 15) is 10.2 Å². The second-order valence-electron chi connectivity index (χ2n) is 10.8. The lowest BCUT2D eigenvalue weighted by molar-refractivity contribution is 0.214. The molecule has 3 aromatic rings. The van der Waals surface area contributed by atoms with Gasteiger partial charge in [0, 0.05) is 24.2 Å². The summed E-state index contributed by atoms with van der Waals surface area (Å²) in [5, 5.41) is 20.1. The van der Waals surface area contributed by atoms with Gasteiger partial charge in [0.05, 0.1) is 6.04 Å². The number of rotatable bonds is 7. The average Bonchev–Trinajstić information content (AvgIpc) is 3.03. The molecule has 1 atom stereocenters. The fourth-order valence-corrected chi connectivity index (χ4v) is 5.94. The number of phenolic OH excluding ortho intramolecular Hbond substituents is 2. The molecule has 2 heterocycles.